The van der Waals surface area contributed by atoms with Gasteiger partial charge in [-0.15, -0.1) is 0 Å². The van der Waals surface area contributed by atoms with E-state index in [1.54, 1.807) is 11.6 Å². The molecule has 2 aromatic heterocycles. The van der Waals surface area contributed by atoms with E-state index in [1.165, 1.54) is 12.8 Å². The van der Waals surface area contributed by atoms with Gasteiger partial charge in [-0.1, -0.05) is 0 Å². The Bertz CT molecular complexity index is 690. The van der Waals surface area contributed by atoms with Crippen molar-refractivity contribution in [2.75, 3.05) is 32.6 Å². The summed E-state index contributed by atoms with van der Waals surface area (Å²) >= 11 is 0. The average Bonchev–Trinajstić information content (AvgIpc) is 3.20. The van der Waals surface area contributed by atoms with Gasteiger partial charge in [0.2, 0.25) is 5.95 Å². The molecule has 0 aliphatic carbocycles. The summed E-state index contributed by atoms with van der Waals surface area (Å²) < 4.78 is 6.75. The van der Waals surface area contributed by atoms with Crippen LogP contribution in [0.3, 0.4) is 0 Å². The van der Waals surface area contributed by atoms with E-state index in [9.17, 15) is 4.79 Å². The highest BCUT2D eigenvalue weighted by atomic mass is 16.5. The predicted octanol–water partition coefficient (Wildman–Crippen LogP) is 1.60. The number of rotatable bonds is 3. The molecule has 0 aromatic carbocycles. The van der Waals surface area contributed by atoms with Crippen LogP contribution in [0.2, 0.25) is 0 Å². The number of ether oxygens (including phenoxy) is 1. The van der Waals surface area contributed by atoms with E-state index >= 15 is 0 Å². The van der Waals surface area contributed by atoms with Gasteiger partial charge in [0, 0.05) is 45.4 Å². The van der Waals surface area contributed by atoms with Crippen LogP contribution in [-0.4, -0.2) is 41.8 Å². The number of H-pyrrole nitrogens is 1. The average molecular weight is 305 g/mol. The van der Waals surface area contributed by atoms with Crippen LogP contribution in [-0.2, 0) is 4.74 Å². The molecule has 120 valence electrons. The van der Waals surface area contributed by atoms with Crippen molar-refractivity contribution in [2.24, 2.45) is 0 Å². The summed E-state index contributed by atoms with van der Waals surface area (Å²) in [6.07, 6.45) is 6.21. The first kappa shape index (κ1) is 16.1. The number of nitrogens with zero attached hydrogens (tertiary/aromatic N) is 2. The second-order valence-corrected chi connectivity index (χ2v) is 4.98. The molecule has 0 radical (unpaired) electrons. The number of anilines is 1. The Labute approximate surface area is 129 Å². The van der Waals surface area contributed by atoms with Crippen molar-refractivity contribution in [1.29, 1.82) is 0 Å². The molecule has 2 aromatic rings. The highest BCUT2D eigenvalue weighted by Gasteiger charge is 2.09. The summed E-state index contributed by atoms with van der Waals surface area (Å²) in [5, 5.41) is 5.76. The van der Waals surface area contributed by atoms with E-state index in [0.29, 0.717) is 17.0 Å². The highest BCUT2D eigenvalue weighted by molar-refractivity contribution is 5.79. The molecule has 0 saturated carbocycles. The Hall–Kier alpha value is -2.28. The van der Waals surface area contributed by atoms with Gasteiger partial charge >= 0.3 is 0 Å². The van der Waals surface area contributed by atoms with Crippen molar-refractivity contribution in [2.45, 2.75) is 19.8 Å². The number of fused-ring (bicyclic) bond motifs is 1. The topological polar surface area (TPSA) is 84.0 Å². The monoisotopic (exact) mass is 305 g/mol. The molecule has 1 saturated heterocycles. The van der Waals surface area contributed by atoms with Crippen LogP contribution in [0.15, 0.2) is 23.3 Å². The molecule has 0 atom stereocenters. The Morgan fingerprint density at radius 3 is 2.68 bits per heavy atom. The number of hydrogen-bond acceptors (Lipinski definition) is 5. The lowest BCUT2D eigenvalue weighted by Gasteiger charge is -2.05. The highest BCUT2D eigenvalue weighted by Crippen LogP contribution is 2.14. The van der Waals surface area contributed by atoms with Gasteiger partial charge in [-0.05, 0) is 25.8 Å². The molecule has 0 bridgehead atoms. The van der Waals surface area contributed by atoms with Crippen LogP contribution in [0.4, 0.5) is 5.95 Å². The lowest BCUT2D eigenvalue weighted by Crippen LogP contribution is -2.14. The smallest absolute Gasteiger partial charge is 0.277 e. The molecule has 7 nitrogen and oxygen atoms in total. The lowest BCUT2D eigenvalue weighted by atomic mass is 10.4. The maximum absolute atomic E-state index is 11.9. The van der Waals surface area contributed by atoms with Crippen LogP contribution in [0.5, 0.6) is 0 Å². The van der Waals surface area contributed by atoms with Crippen molar-refractivity contribution >= 4 is 22.7 Å². The maximum Gasteiger partial charge on any atom is 0.277 e. The normalized spacial score (nSPS) is 14.6. The van der Waals surface area contributed by atoms with Gasteiger partial charge in [-0.3, -0.25) is 9.78 Å². The molecule has 0 amide bonds. The Morgan fingerprint density at radius 2 is 2.14 bits per heavy atom. The van der Waals surface area contributed by atoms with Crippen molar-refractivity contribution in [1.82, 2.24) is 19.9 Å². The van der Waals surface area contributed by atoms with Gasteiger partial charge in [0.1, 0.15) is 5.52 Å². The Morgan fingerprint density at radius 1 is 1.41 bits per heavy atom. The van der Waals surface area contributed by atoms with Crippen LogP contribution < -0.4 is 16.2 Å². The van der Waals surface area contributed by atoms with Crippen LogP contribution >= 0.6 is 0 Å². The van der Waals surface area contributed by atoms with Crippen molar-refractivity contribution in [3.63, 3.8) is 0 Å². The van der Waals surface area contributed by atoms with Gasteiger partial charge < -0.3 is 19.9 Å². The molecule has 3 heterocycles. The predicted molar refractivity (Wildman–Crippen MR) is 89.0 cm³/mol. The molecule has 3 N–H and O–H groups in total. The van der Waals surface area contributed by atoms with E-state index in [2.05, 4.69) is 20.6 Å². The van der Waals surface area contributed by atoms with E-state index in [-0.39, 0.29) is 5.56 Å². The molecular formula is C15H23N5O2. The standard InChI is InChI=1S/C11H15N5O.C4H8O/c1-7(6-12-2)16-5-4-8-9(16)10(17)15-11(13-3)14-8;1-2-4-5-3-1/h4-6,12H,1-3H3,(H2,13,14,15,17);1-4H2/b7-6+;. The summed E-state index contributed by atoms with van der Waals surface area (Å²) in [6.45, 7) is 3.92. The summed E-state index contributed by atoms with van der Waals surface area (Å²) in [5.41, 5.74) is 1.98. The van der Waals surface area contributed by atoms with Gasteiger partial charge in [0.05, 0.1) is 5.52 Å². The maximum atomic E-state index is 11.9. The van der Waals surface area contributed by atoms with Gasteiger partial charge in [-0.2, -0.15) is 0 Å². The molecule has 1 aliphatic rings. The molecule has 1 fully saturated rings. The first-order valence-electron chi connectivity index (χ1n) is 7.38. The zero-order valence-corrected chi connectivity index (χ0v) is 13.3. The van der Waals surface area contributed by atoms with Crippen LogP contribution in [0.25, 0.3) is 16.7 Å². The third-order valence-electron chi connectivity index (χ3n) is 3.34. The summed E-state index contributed by atoms with van der Waals surface area (Å²) in [6, 6.07) is 1.82. The largest absolute Gasteiger partial charge is 0.393 e. The second-order valence-electron chi connectivity index (χ2n) is 4.98. The Kier molecular flexibility index (Phi) is 5.60. The van der Waals surface area contributed by atoms with Crippen molar-refractivity contribution in [3.05, 3.63) is 28.8 Å². The SMILES string of the molecule is C1CCOC1.CN/C=C(\C)n1ccc2nc(NC)[nH]c(=O)c21. The lowest BCUT2D eigenvalue weighted by molar-refractivity contribution is 0.198. The third kappa shape index (κ3) is 3.67. The van der Waals surface area contributed by atoms with Gasteiger partial charge in [0.25, 0.3) is 5.56 Å². The Balaban J connectivity index is 0.000000299. The summed E-state index contributed by atoms with van der Waals surface area (Å²) in [5.74, 6) is 0.468. The minimum Gasteiger partial charge on any atom is -0.393 e. The zero-order valence-electron chi connectivity index (χ0n) is 13.3. The van der Waals surface area contributed by atoms with Gasteiger partial charge in [-0.25, -0.2) is 4.98 Å². The molecule has 1 aliphatic heterocycles. The zero-order chi connectivity index (χ0) is 15.9. The number of allylic oxidation sites excluding steroid dienone is 1. The van der Waals surface area contributed by atoms with E-state index in [1.807, 2.05) is 32.4 Å². The minimum atomic E-state index is -0.159. The van der Waals surface area contributed by atoms with Crippen LogP contribution in [0.1, 0.15) is 19.8 Å². The van der Waals surface area contributed by atoms with Crippen molar-refractivity contribution < 1.29 is 4.74 Å². The third-order valence-corrected chi connectivity index (χ3v) is 3.34. The van der Waals surface area contributed by atoms with Gasteiger partial charge in [0.15, 0.2) is 0 Å². The van der Waals surface area contributed by atoms with E-state index in [4.69, 9.17) is 4.74 Å². The van der Waals surface area contributed by atoms with Crippen molar-refractivity contribution in [3.8, 4) is 0 Å². The fourth-order valence-electron chi connectivity index (χ4n) is 2.25. The first-order valence-corrected chi connectivity index (χ1v) is 7.38. The fourth-order valence-corrected chi connectivity index (χ4v) is 2.25. The second kappa shape index (κ2) is 7.65. The molecular weight excluding hydrogens is 282 g/mol. The fraction of sp³-hybridized carbons (Fsp3) is 0.467. The number of aromatic amines is 1. The molecule has 22 heavy (non-hydrogen) atoms. The summed E-state index contributed by atoms with van der Waals surface area (Å²) in [7, 11) is 3.53. The first-order chi connectivity index (χ1) is 10.7. The molecule has 0 spiro atoms. The number of nitrogens with one attached hydrogen (secondary N) is 3. The molecule has 0 unspecified atom stereocenters. The summed E-state index contributed by atoms with van der Waals surface area (Å²) in [4.78, 5) is 18.9. The molecule has 3 rings (SSSR count). The van der Waals surface area contributed by atoms with Crippen LogP contribution in [0, 0.1) is 0 Å². The number of aromatic nitrogens is 3. The van der Waals surface area contributed by atoms with E-state index in [0.717, 1.165) is 18.9 Å². The quantitative estimate of drug-likeness (QED) is 0.802. The molecule has 7 heteroatoms. The van der Waals surface area contributed by atoms with E-state index < -0.39 is 0 Å². The minimum absolute atomic E-state index is 0.159. The number of hydrogen-bond donors (Lipinski definition) is 3.